The Morgan fingerprint density at radius 3 is 2.55 bits per heavy atom. The third kappa shape index (κ3) is 2.45. The van der Waals surface area contributed by atoms with Gasteiger partial charge in [-0.25, -0.2) is 0 Å². The van der Waals surface area contributed by atoms with Crippen molar-refractivity contribution in [2.24, 2.45) is 0 Å². The molecule has 22 heavy (non-hydrogen) atoms. The molecule has 2 heterocycles. The first kappa shape index (κ1) is 14.9. The van der Waals surface area contributed by atoms with Crippen LogP contribution in [-0.2, 0) is 15.0 Å². The highest BCUT2D eigenvalue weighted by atomic mass is 16.2. The van der Waals surface area contributed by atoms with E-state index in [0.29, 0.717) is 19.5 Å². The molecule has 1 aromatic carbocycles. The summed E-state index contributed by atoms with van der Waals surface area (Å²) in [4.78, 5) is 27.7. The van der Waals surface area contributed by atoms with Gasteiger partial charge in [-0.15, -0.1) is 0 Å². The van der Waals surface area contributed by atoms with Gasteiger partial charge in [0, 0.05) is 13.5 Å². The maximum atomic E-state index is 12.1. The lowest BCUT2D eigenvalue weighted by Crippen LogP contribution is -2.53. The van der Waals surface area contributed by atoms with Crippen molar-refractivity contribution in [3.05, 3.63) is 23.8 Å². The van der Waals surface area contributed by atoms with Gasteiger partial charge in [-0.05, 0) is 29.5 Å². The zero-order chi connectivity index (χ0) is 16.1. The average molecular weight is 301 g/mol. The number of hydrogen-bond acceptors (Lipinski definition) is 4. The molecule has 2 amide bonds. The molecule has 1 N–H and O–H groups in total. The molecule has 2 aliphatic heterocycles. The number of hydrogen-bond donors (Lipinski definition) is 1. The number of benzene rings is 1. The molecular weight excluding hydrogens is 278 g/mol. The fourth-order valence-corrected chi connectivity index (χ4v) is 3.17. The number of rotatable bonds is 1. The lowest BCUT2D eigenvalue weighted by molar-refractivity contribution is -0.134. The smallest absolute Gasteiger partial charge is 0.249 e. The molecule has 1 fully saturated rings. The summed E-state index contributed by atoms with van der Waals surface area (Å²) in [7, 11) is 2.04. The Labute approximate surface area is 131 Å². The minimum Gasteiger partial charge on any atom is -0.355 e. The van der Waals surface area contributed by atoms with E-state index < -0.39 is 0 Å². The fraction of sp³-hybridized carbons (Fsp3) is 0.529. The summed E-state index contributed by atoms with van der Waals surface area (Å²) in [5, 5.41) is 2.45. The summed E-state index contributed by atoms with van der Waals surface area (Å²) in [6.45, 7) is 7.26. The Morgan fingerprint density at radius 1 is 1.18 bits per heavy atom. The monoisotopic (exact) mass is 301 g/mol. The van der Waals surface area contributed by atoms with Crippen LogP contribution in [0, 0.1) is 0 Å². The molecule has 0 saturated carbocycles. The summed E-state index contributed by atoms with van der Waals surface area (Å²) in [5.41, 5.74) is 3.60. The van der Waals surface area contributed by atoms with Gasteiger partial charge in [-0.1, -0.05) is 26.8 Å². The van der Waals surface area contributed by atoms with Crippen molar-refractivity contribution in [2.45, 2.75) is 45.1 Å². The van der Waals surface area contributed by atoms with E-state index in [-0.39, 0.29) is 23.3 Å². The molecule has 1 atom stereocenters. The molecule has 2 aliphatic rings. The van der Waals surface area contributed by atoms with Gasteiger partial charge in [0.2, 0.25) is 11.8 Å². The summed E-state index contributed by atoms with van der Waals surface area (Å²) in [5.74, 6) is -0.352. The number of carbonyl (C=O) groups excluding carboxylic acids is 2. The third-order valence-electron chi connectivity index (χ3n) is 4.51. The Hall–Kier alpha value is -2.04. The van der Waals surface area contributed by atoms with Crippen molar-refractivity contribution in [3.8, 4) is 0 Å². The van der Waals surface area contributed by atoms with Gasteiger partial charge in [0.25, 0.3) is 0 Å². The molecule has 1 aromatic rings. The largest absolute Gasteiger partial charge is 0.355 e. The van der Waals surface area contributed by atoms with Gasteiger partial charge in [0.05, 0.1) is 18.0 Å². The van der Waals surface area contributed by atoms with E-state index in [1.807, 2.05) is 7.05 Å². The minimum atomic E-state index is -0.262. The molecule has 3 rings (SSSR count). The van der Waals surface area contributed by atoms with Crippen molar-refractivity contribution in [3.63, 3.8) is 0 Å². The van der Waals surface area contributed by atoms with Gasteiger partial charge in [0.15, 0.2) is 0 Å². The first-order valence-electron chi connectivity index (χ1n) is 7.73. The first-order valence-corrected chi connectivity index (χ1v) is 7.73. The van der Waals surface area contributed by atoms with Crippen LogP contribution in [0.5, 0.6) is 0 Å². The SMILES string of the molecule is CN1CN([C@H]2CCC(=O)NC2=O)c2ccc(C(C)(C)C)cc21. The van der Waals surface area contributed by atoms with E-state index in [4.69, 9.17) is 0 Å². The summed E-state index contributed by atoms with van der Waals surface area (Å²) in [6.07, 6.45) is 0.991. The number of carbonyl (C=O) groups is 2. The van der Waals surface area contributed by atoms with Crippen LogP contribution in [0.15, 0.2) is 18.2 Å². The molecule has 1 saturated heterocycles. The van der Waals surface area contributed by atoms with Crippen molar-refractivity contribution in [1.29, 1.82) is 0 Å². The maximum absolute atomic E-state index is 12.1. The molecule has 5 heteroatoms. The second-order valence-electron chi connectivity index (χ2n) is 7.23. The quantitative estimate of drug-likeness (QED) is 0.806. The zero-order valence-corrected chi connectivity index (χ0v) is 13.6. The third-order valence-corrected chi connectivity index (χ3v) is 4.51. The Morgan fingerprint density at radius 2 is 1.91 bits per heavy atom. The van der Waals surface area contributed by atoms with Crippen molar-refractivity contribution < 1.29 is 9.59 Å². The number of anilines is 2. The summed E-state index contributed by atoms with van der Waals surface area (Å²) in [6, 6.07) is 6.18. The Balaban J connectivity index is 1.93. The molecule has 0 spiro atoms. The van der Waals surface area contributed by atoms with Gasteiger partial charge >= 0.3 is 0 Å². The molecule has 0 bridgehead atoms. The van der Waals surface area contributed by atoms with E-state index >= 15 is 0 Å². The summed E-state index contributed by atoms with van der Waals surface area (Å²) < 4.78 is 0. The fourth-order valence-electron chi connectivity index (χ4n) is 3.17. The van der Waals surface area contributed by atoms with Crippen LogP contribution in [0.3, 0.4) is 0 Å². The first-order chi connectivity index (χ1) is 10.3. The second kappa shape index (κ2) is 5.00. The van der Waals surface area contributed by atoms with Crippen LogP contribution in [0.1, 0.15) is 39.2 Å². The highest BCUT2D eigenvalue weighted by molar-refractivity contribution is 6.02. The molecule has 5 nitrogen and oxygen atoms in total. The van der Waals surface area contributed by atoms with E-state index in [0.717, 1.165) is 11.4 Å². The maximum Gasteiger partial charge on any atom is 0.249 e. The Kier molecular flexibility index (Phi) is 3.38. The highest BCUT2D eigenvalue weighted by Crippen LogP contribution is 2.40. The predicted molar refractivity (Wildman–Crippen MR) is 87.1 cm³/mol. The van der Waals surface area contributed by atoms with Crippen molar-refractivity contribution in [1.82, 2.24) is 5.32 Å². The van der Waals surface area contributed by atoms with Crippen molar-refractivity contribution in [2.75, 3.05) is 23.5 Å². The number of fused-ring (bicyclic) bond motifs is 1. The lowest BCUT2D eigenvalue weighted by Gasteiger charge is -2.31. The summed E-state index contributed by atoms with van der Waals surface area (Å²) >= 11 is 0. The number of nitrogens with one attached hydrogen (secondary N) is 1. The van der Waals surface area contributed by atoms with E-state index in [9.17, 15) is 9.59 Å². The van der Waals surface area contributed by atoms with Crippen molar-refractivity contribution >= 4 is 23.2 Å². The number of amides is 2. The number of imide groups is 1. The van der Waals surface area contributed by atoms with Crippen LogP contribution < -0.4 is 15.1 Å². The molecule has 118 valence electrons. The van der Waals surface area contributed by atoms with Gasteiger partial charge in [0.1, 0.15) is 6.04 Å². The molecular formula is C17H23N3O2. The van der Waals surface area contributed by atoms with E-state index in [2.05, 4.69) is 54.1 Å². The van der Waals surface area contributed by atoms with Crippen LogP contribution in [0.2, 0.25) is 0 Å². The van der Waals surface area contributed by atoms with Crippen LogP contribution in [-0.4, -0.2) is 31.6 Å². The zero-order valence-electron chi connectivity index (χ0n) is 13.6. The standard InChI is InChI=1S/C17H23N3O2/c1-17(2,3)11-5-6-12-14(9-11)19(4)10-20(12)13-7-8-15(21)18-16(13)22/h5-6,9,13H,7-8,10H2,1-4H3,(H,18,21,22)/t13-/m0/s1. The minimum absolute atomic E-state index is 0.0952. The normalized spacial score (nSPS) is 21.9. The van der Waals surface area contributed by atoms with Crippen LogP contribution in [0.4, 0.5) is 11.4 Å². The van der Waals surface area contributed by atoms with Crippen LogP contribution in [0.25, 0.3) is 0 Å². The average Bonchev–Trinajstić information content (AvgIpc) is 2.75. The molecule has 0 aliphatic carbocycles. The predicted octanol–water partition coefficient (Wildman–Crippen LogP) is 2.00. The second-order valence-corrected chi connectivity index (χ2v) is 7.23. The Bertz CT molecular complexity index is 633. The van der Waals surface area contributed by atoms with Gasteiger partial charge < -0.3 is 9.80 Å². The molecule has 0 aromatic heterocycles. The van der Waals surface area contributed by atoms with Gasteiger partial charge in [-0.2, -0.15) is 0 Å². The number of nitrogens with zero attached hydrogens (tertiary/aromatic N) is 2. The lowest BCUT2D eigenvalue weighted by atomic mass is 9.86. The van der Waals surface area contributed by atoms with E-state index in [1.54, 1.807) is 0 Å². The topological polar surface area (TPSA) is 52.6 Å². The van der Waals surface area contributed by atoms with Gasteiger partial charge in [-0.3, -0.25) is 14.9 Å². The molecule has 0 unspecified atom stereocenters. The number of piperidine rings is 1. The van der Waals surface area contributed by atoms with Crippen LogP contribution >= 0.6 is 0 Å². The van der Waals surface area contributed by atoms with E-state index in [1.165, 1.54) is 5.56 Å². The molecule has 0 radical (unpaired) electrons. The highest BCUT2D eigenvalue weighted by Gasteiger charge is 2.37.